The number of carbonyl (C=O) groups is 2. The third kappa shape index (κ3) is 4.74. The number of carboxylic acid groups (broad SMARTS) is 1. The highest BCUT2D eigenvalue weighted by atomic mass is 16.6. The Hall–Kier alpha value is -3.48. The van der Waals surface area contributed by atoms with Crippen molar-refractivity contribution in [2.75, 3.05) is 7.11 Å². The maximum absolute atomic E-state index is 12.2. The lowest BCUT2D eigenvalue weighted by atomic mass is 10.0. The molecule has 0 spiro atoms. The van der Waals surface area contributed by atoms with Gasteiger partial charge in [0.05, 0.1) is 18.5 Å². The van der Waals surface area contributed by atoms with Crippen LogP contribution in [0.3, 0.4) is 0 Å². The fourth-order valence-electron chi connectivity index (χ4n) is 2.21. The lowest BCUT2D eigenvalue weighted by Crippen LogP contribution is -2.04. The van der Waals surface area contributed by atoms with E-state index in [0.29, 0.717) is 22.4 Å². The maximum Gasteiger partial charge on any atom is 0.307 e. The molecule has 2 rings (SSSR count). The molecule has 1 N–H and O–H groups in total. The largest absolute Gasteiger partial charge is 0.496 e. The topological polar surface area (TPSA) is 107 Å². The zero-order valence-corrected chi connectivity index (χ0v) is 13.3. The molecule has 0 saturated carbocycles. The molecule has 0 amide bonds. The Morgan fingerprint density at radius 2 is 1.88 bits per heavy atom. The smallest absolute Gasteiger partial charge is 0.307 e. The molecule has 0 atom stereocenters. The average Bonchev–Trinajstić information content (AvgIpc) is 2.59. The van der Waals surface area contributed by atoms with Crippen molar-refractivity contribution >= 4 is 23.5 Å². The Kier molecular flexibility index (Phi) is 5.62. The van der Waals surface area contributed by atoms with E-state index in [-0.39, 0.29) is 17.9 Å². The molecule has 128 valence electrons. The Morgan fingerprint density at radius 3 is 2.44 bits per heavy atom. The van der Waals surface area contributed by atoms with Crippen molar-refractivity contribution in [2.45, 2.75) is 6.42 Å². The first kappa shape index (κ1) is 17.9. The summed E-state index contributed by atoms with van der Waals surface area (Å²) in [5, 5.41) is 19.5. The number of nitro benzene ring substituents is 1. The van der Waals surface area contributed by atoms with E-state index < -0.39 is 10.9 Å². The van der Waals surface area contributed by atoms with Crippen molar-refractivity contribution in [2.24, 2.45) is 0 Å². The van der Waals surface area contributed by atoms with Gasteiger partial charge in [0.15, 0.2) is 5.78 Å². The van der Waals surface area contributed by atoms with Crippen LogP contribution in [0.1, 0.15) is 21.5 Å². The number of ether oxygens (including phenoxy) is 1. The Bertz CT molecular complexity index is 839. The minimum atomic E-state index is -1.02. The highest BCUT2D eigenvalue weighted by Gasteiger charge is 2.11. The van der Waals surface area contributed by atoms with Crippen LogP contribution in [0.5, 0.6) is 5.75 Å². The zero-order valence-electron chi connectivity index (χ0n) is 13.3. The van der Waals surface area contributed by atoms with Gasteiger partial charge in [0.2, 0.25) is 0 Å². The van der Waals surface area contributed by atoms with Crippen LogP contribution < -0.4 is 4.74 Å². The number of methoxy groups -OCH3 is 1. The zero-order chi connectivity index (χ0) is 18.4. The monoisotopic (exact) mass is 341 g/mol. The van der Waals surface area contributed by atoms with Gasteiger partial charge in [-0.2, -0.15) is 0 Å². The number of allylic oxidation sites excluding steroid dienone is 1. The summed E-state index contributed by atoms with van der Waals surface area (Å²) in [7, 11) is 1.43. The van der Waals surface area contributed by atoms with E-state index in [1.54, 1.807) is 12.1 Å². The fourth-order valence-corrected chi connectivity index (χ4v) is 2.21. The summed E-state index contributed by atoms with van der Waals surface area (Å²) < 4.78 is 5.09. The highest BCUT2D eigenvalue weighted by molar-refractivity contribution is 6.07. The second kappa shape index (κ2) is 7.87. The summed E-state index contributed by atoms with van der Waals surface area (Å²) in [5.41, 5.74) is 1.34. The van der Waals surface area contributed by atoms with Gasteiger partial charge in [-0.05, 0) is 42.0 Å². The van der Waals surface area contributed by atoms with E-state index in [9.17, 15) is 19.7 Å². The molecule has 0 saturated heterocycles. The van der Waals surface area contributed by atoms with Crippen LogP contribution in [0, 0.1) is 10.1 Å². The fraction of sp³-hybridized carbons (Fsp3) is 0.111. The van der Waals surface area contributed by atoms with Gasteiger partial charge in [0.25, 0.3) is 5.69 Å². The molecule has 0 heterocycles. The average molecular weight is 341 g/mol. The molecule has 2 aromatic carbocycles. The molecular formula is C18H15NO6. The molecule has 0 aliphatic carbocycles. The summed E-state index contributed by atoms with van der Waals surface area (Å²) in [4.78, 5) is 33.3. The molecule has 7 heteroatoms. The summed E-state index contributed by atoms with van der Waals surface area (Å²) in [6.45, 7) is 0. The van der Waals surface area contributed by atoms with Gasteiger partial charge in [-0.15, -0.1) is 0 Å². The number of benzene rings is 2. The van der Waals surface area contributed by atoms with Crippen molar-refractivity contribution in [3.63, 3.8) is 0 Å². The number of nitrogens with zero attached hydrogens (tertiary/aromatic N) is 1. The molecule has 0 aliphatic rings. The van der Waals surface area contributed by atoms with Crippen LogP contribution in [0.15, 0.2) is 48.5 Å². The Labute approximate surface area is 143 Å². The number of non-ortho nitro benzene ring substituents is 1. The molecular weight excluding hydrogens is 326 g/mol. The lowest BCUT2D eigenvalue weighted by molar-refractivity contribution is -0.384. The van der Waals surface area contributed by atoms with Crippen LogP contribution in [-0.2, 0) is 11.2 Å². The van der Waals surface area contributed by atoms with Crippen LogP contribution in [0.4, 0.5) is 5.69 Å². The number of aliphatic carboxylic acids is 1. The molecule has 0 aromatic heterocycles. The van der Waals surface area contributed by atoms with Crippen LogP contribution in [0.2, 0.25) is 0 Å². The van der Waals surface area contributed by atoms with Gasteiger partial charge in [0.1, 0.15) is 5.75 Å². The Morgan fingerprint density at radius 1 is 1.20 bits per heavy atom. The van der Waals surface area contributed by atoms with Crippen LogP contribution >= 0.6 is 0 Å². The first-order chi connectivity index (χ1) is 11.9. The van der Waals surface area contributed by atoms with Crippen molar-refractivity contribution in [3.05, 3.63) is 75.3 Å². The highest BCUT2D eigenvalue weighted by Crippen LogP contribution is 2.21. The van der Waals surface area contributed by atoms with Crippen LogP contribution in [-0.4, -0.2) is 28.9 Å². The molecule has 0 fully saturated rings. The number of ketones is 1. The third-order valence-electron chi connectivity index (χ3n) is 3.44. The van der Waals surface area contributed by atoms with E-state index in [0.717, 1.165) is 0 Å². The SMILES string of the molecule is COc1ccc(C(=O)/C=C/c2ccc([N+](=O)[O-])cc2)cc1CC(=O)O. The molecule has 7 nitrogen and oxygen atoms in total. The Balaban J connectivity index is 2.19. The normalized spacial score (nSPS) is 10.6. The van der Waals surface area contributed by atoms with Crippen LogP contribution in [0.25, 0.3) is 6.08 Å². The molecule has 0 bridgehead atoms. The second-order valence-corrected chi connectivity index (χ2v) is 5.14. The summed E-state index contributed by atoms with van der Waals surface area (Å²) in [6, 6.07) is 10.3. The summed E-state index contributed by atoms with van der Waals surface area (Å²) in [5.74, 6) is -0.935. The van der Waals surface area contributed by atoms with Crippen molar-refractivity contribution in [3.8, 4) is 5.75 Å². The predicted molar refractivity (Wildman–Crippen MR) is 90.8 cm³/mol. The minimum Gasteiger partial charge on any atom is -0.496 e. The van der Waals surface area contributed by atoms with E-state index in [2.05, 4.69) is 0 Å². The van der Waals surface area contributed by atoms with Gasteiger partial charge in [0, 0.05) is 23.3 Å². The second-order valence-electron chi connectivity index (χ2n) is 5.14. The third-order valence-corrected chi connectivity index (χ3v) is 3.44. The summed E-state index contributed by atoms with van der Waals surface area (Å²) >= 11 is 0. The number of rotatable bonds is 7. The molecule has 0 unspecified atom stereocenters. The quantitative estimate of drug-likeness (QED) is 0.359. The standard InChI is InChI=1S/C18H15NO6/c1-25-17-9-5-13(10-14(17)11-18(21)22)16(20)8-4-12-2-6-15(7-3-12)19(23)24/h2-10H,11H2,1H3,(H,21,22)/b8-4+. The van der Waals surface area contributed by atoms with Gasteiger partial charge in [-0.1, -0.05) is 6.08 Å². The molecule has 2 aromatic rings. The van der Waals surface area contributed by atoms with Gasteiger partial charge < -0.3 is 9.84 Å². The summed E-state index contributed by atoms with van der Waals surface area (Å²) in [6.07, 6.45) is 2.61. The first-order valence-electron chi connectivity index (χ1n) is 7.26. The number of carbonyl (C=O) groups excluding carboxylic acids is 1. The van der Waals surface area contributed by atoms with E-state index in [1.165, 1.54) is 49.6 Å². The van der Waals surface area contributed by atoms with E-state index in [1.807, 2.05) is 0 Å². The van der Waals surface area contributed by atoms with E-state index in [4.69, 9.17) is 9.84 Å². The predicted octanol–water partition coefficient (Wildman–Crippen LogP) is 3.13. The van der Waals surface area contributed by atoms with Gasteiger partial charge in [-0.3, -0.25) is 19.7 Å². The number of hydrogen-bond acceptors (Lipinski definition) is 5. The maximum atomic E-state index is 12.2. The van der Waals surface area contributed by atoms with Crippen molar-refractivity contribution < 1.29 is 24.4 Å². The number of nitro groups is 1. The van der Waals surface area contributed by atoms with Gasteiger partial charge in [-0.25, -0.2) is 0 Å². The first-order valence-corrected chi connectivity index (χ1v) is 7.26. The minimum absolute atomic E-state index is 0.0306. The molecule has 0 aliphatic heterocycles. The molecule has 0 radical (unpaired) electrons. The number of carboxylic acids is 1. The lowest BCUT2D eigenvalue weighted by Gasteiger charge is -2.07. The van der Waals surface area contributed by atoms with Crippen molar-refractivity contribution in [1.29, 1.82) is 0 Å². The van der Waals surface area contributed by atoms with Gasteiger partial charge >= 0.3 is 5.97 Å². The number of hydrogen-bond donors (Lipinski definition) is 1. The van der Waals surface area contributed by atoms with Crippen molar-refractivity contribution in [1.82, 2.24) is 0 Å². The van der Waals surface area contributed by atoms with E-state index >= 15 is 0 Å². The molecule has 25 heavy (non-hydrogen) atoms.